The summed E-state index contributed by atoms with van der Waals surface area (Å²) in [6.07, 6.45) is 0. The number of nitrogens with two attached hydrogens (primary N) is 1. The topological polar surface area (TPSA) is 115 Å². The van der Waals surface area contributed by atoms with Crippen molar-refractivity contribution in [3.63, 3.8) is 0 Å². The van der Waals surface area contributed by atoms with E-state index in [1.165, 1.54) is 0 Å². The summed E-state index contributed by atoms with van der Waals surface area (Å²) in [5.41, 5.74) is -0.246. The van der Waals surface area contributed by atoms with Crippen LogP contribution in [0.2, 0.25) is 5.02 Å². The van der Waals surface area contributed by atoms with Crippen molar-refractivity contribution in [3.8, 4) is 0 Å². The van der Waals surface area contributed by atoms with Crippen LogP contribution < -0.4 is 9.86 Å². The molecule has 0 amide bonds. The number of non-ortho nitro benzene ring substituents is 1. The lowest BCUT2D eigenvalue weighted by molar-refractivity contribution is -0.384. The molecule has 1 rings (SSSR count). The SMILES string of the molecule is NS(=O)(=O)Nc1ccc([N+](=O)[O-])cc1Cl. The number of benzene rings is 1. The molecule has 0 spiro atoms. The predicted octanol–water partition coefficient (Wildman–Crippen LogP) is 0.864. The molecule has 9 heteroatoms. The van der Waals surface area contributed by atoms with Gasteiger partial charge in [0.25, 0.3) is 15.9 Å². The molecule has 0 fully saturated rings. The first-order valence-corrected chi connectivity index (χ1v) is 5.46. The van der Waals surface area contributed by atoms with Gasteiger partial charge in [0.05, 0.1) is 15.6 Å². The van der Waals surface area contributed by atoms with Gasteiger partial charge in [0.2, 0.25) is 0 Å². The van der Waals surface area contributed by atoms with Crippen molar-refractivity contribution in [2.75, 3.05) is 4.72 Å². The van der Waals surface area contributed by atoms with Crippen LogP contribution in [0.1, 0.15) is 0 Å². The van der Waals surface area contributed by atoms with Gasteiger partial charge in [-0.1, -0.05) is 11.6 Å². The van der Waals surface area contributed by atoms with E-state index >= 15 is 0 Å². The van der Waals surface area contributed by atoms with Crippen LogP contribution in [-0.4, -0.2) is 13.3 Å². The average Bonchev–Trinajstić information content (AvgIpc) is 2.05. The van der Waals surface area contributed by atoms with E-state index in [1.807, 2.05) is 4.72 Å². The largest absolute Gasteiger partial charge is 0.296 e. The van der Waals surface area contributed by atoms with Crippen LogP contribution >= 0.6 is 11.6 Å². The number of nitro groups is 1. The molecule has 0 bridgehead atoms. The zero-order valence-corrected chi connectivity index (χ0v) is 8.75. The second kappa shape index (κ2) is 4.01. The monoisotopic (exact) mass is 251 g/mol. The van der Waals surface area contributed by atoms with Gasteiger partial charge < -0.3 is 0 Å². The number of nitrogens with zero attached hydrogens (tertiary/aromatic N) is 1. The number of nitro benzene ring substituents is 1. The number of anilines is 1. The summed E-state index contributed by atoms with van der Waals surface area (Å²) in [6.45, 7) is 0. The Morgan fingerprint density at radius 2 is 2.07 bits per heavy atom. The van der Waals surface area contributed by atoms with Crippen molar-refractivity contribution in [1.29, 1.82) is 0 Å². The Kier molecular flexibility index (Phi) is 3.12. The zero-order valence-electron chi connectivity index (χ0n) is 7.18. The highest BCUT2D eigenvalue weighted by atomic mass is 35.5. The Hall–Kier alpha value is -1.38. The highest BCUT2D eigenvalue weighted by Gasteiger charge is 2.11. The summed E-state index contributed by atoms with van der Waals surface area (Å²) in [4.78, 5) is 9.69. The molecular weight excluding hydrogens is 246 g/mol. The van der Waals surface area contributed by atoms with Crippen LogP contribution in [0.5, 0.6) is 0 Å². The minimum Gasteiger partial charge on any atom is -0.270 e. The van der Waals surface area contributed by atoms with Gasteiger partial charge in [-0.25, -0.2) is 5.14 Å². The summed E-state index contributed by atoms with van der Waals surface area (Å²) in [5, 5.41) is 14.9. The van der Waals surface area contributed by atoms with E-state index in [1.54, 1.807) is 0 Å². The van der Waals surface area contributed by atoms with Gasteiger partial charge in [0.1, 0.15) is 0 Å². The normalized spacial score (nSPS) is 11.1. The average molecular weight is 252 g/mol. The zero-order chi connectivity index (χ0) is 11.6. The molecule has 0 aliphatic rings. The molecule has 0 aromatic heterocycles. The molecule has 7 nitrogen and oxygen atoms in total. The van der Waals surface area contributed by atoms with Gasteiger partial charge in [0.15, 0.2) is 0 Å². The predicted molar refractivity (Wildman–Crippen MR) is 54.8 cm³/mol. The van der Waals surface area contributed by atoms with Crippen molar-refractivity contribution in [2.24, 2.45) is 5.14 Å². The molecular formula is C6H6ClN3O4S. The lowest BCUT2D eigenvalue weighted by Gasteiger charge is -2.04. The Morgan fingerprint density at radius 3 is 2.47 bits per heavy atom. The smallest absolute Gasteiger partial charge is 0.270 e. The van der Waals surface area contributed by atoms with Gasteiger partial charge in [-0.05, 0) is 6.07 Å². The van der Waals surface area contributed by atoms with Crippen molar-refractivity contribution in [3.05, 3.63) is 33.3 Å². The first-order chi connectivity index (χ1) is 6.79. The maximum Gasteiger partial charge on any atom is 0.296 e. The molecule has 0 saturated carbocycles. The lowest BCUT2D eigenvalue weighted by atomic mass is 10.3. The van der Waals surface area contributed by atoms with Crippen LogP contribution in [0.15, 0.2) is 18.2 Å². The fraction of sp³-hybridized carbons (Fsp3) is 0. The van der Waals surface area contributed by atoms with E-state index < -0.39 is 15.1 Å². The Bertz CT molecular complexity index is 501. The highest BCUT2D eigenvalue weighted by Crippen LogP contribution is 2.26. The first-order valence-electron chi connectivity index (χ1n) is 3.54. The van der Waals surface area contributed by atoms with Gasteiger partial charge in [-0.3, -0.25) is 14.8 Å². The molecule has 0 unspecified atom stereocenters. The van der Waals surface area contributed by atoms with E-state index in [-0.39, 0.29) is 16.4 Å². The molecule has 1 aromatic carbocycles. The third-order valence-electron chi connectivity index (χ3n) is 1.42. The summed E-state index contributed by atoms with van der Waals surface area (Å²) in [6, 6.07) is 3.29. The van der Waals surface area contributed by atoms with E-state index in [0.717, 1.165) is 18.2 Å². The van der Waals surface area contributed by atoms with Crippen LogP contribution in [0.4, 0.5) is 11.4 Å². The second-order valence-corrected chi connectivity index (χ2v) is 4.27. The van der Waals surface area contributed by atoms with Gasteiger partial charge in [-0.2, -0.15) is 8.42 Å². The number of nitrogens with one attached hydrogen (secondary N) is 1. The third-order valence-corrected chi connectivity index (χ3v) is 2.23. The minimum atomic E-state index is -3.94. The fourth-order valence-electron chi connectivity index (χ4n) is 0.854. The maximum absolute atomic E-state index is 10.6. The quantitative estimate of drug-likeness (QED) is 0.612. The van der Waals surface area contributed by atoms with Crippen LogP contribution in [0.3, 0.4) is 0 Å². The molecule has 15 heavy (non-hydrogen) atoms. The van der Waals surface area contributed by atoms with Crippen LogP contribution in [0.25, 0.3) is 0 Å². The number of halogens is 1. The van der Waals surface area contributed by atoms with Crippen molar-refractivity contribution in [1.82, 2.24) is 0 Å². The van der Waals surface area contributed by atoms with Crippen molar-refractivity contribution in [2.45, 2.75) is 0 Å². The molecule has 0 aliphatic heterocycles. The van der Waals surface area contributed by atoms with Crippen molar-refractivity contribution < 1.29 is 13.3 Å². The van der Waals surface area contributed by atoms with E-state index in [4.69, 9.17) is 16.7 Å². The molecule has 1 aromatic rings. The van der Waals surface area contributed by atoms with Gasteiger partial charge in [0, 0.05) is 12.1 Å². The van der Waals surface area contributed by atoms with Gasteiger partial charge >= 0.3 is 0 Å². The summed E-state index contributed by atoms with van der Waals surface area (Å²) in [5.74, 6) is 0. The second-order valence-electron chi connectivity index (χ2n) is 2.57. The standard InChI is InChI=1S/C6H6ClN3O4S/c7-5-3-4(10(11)12)1-2-6(5)9-15(8,13)14/h1-3,9H,(H2,8,13,14). The number of hydrogen-bond acceptors (Lipinski definition) is 4. The molecule has 82 valence electrons. The summed E-state index contributed by atoms with van der Waals surface area (Å²) in [7, 11) is -3.94. The van der Waals surface area contributed by atoms with E-state index in [2.05, 4.69) is 0 Å². The molecule has 0 aliphatic carbocycles. The number of rotatable bonds is 3. The Balaban J connectivity index is 3.09. The van der Waals surface area contributed by atoms with Crippen LogP contribution in [0, 0.1) is 10.1 Å². The molecule has 3 N–H and O–H groups in total. The first kappa shape index (κ1) is 11.7. The molecule has 0 heterocycles. The van der Waals surface area contributed by atoms with Crippen molar-refractivity contribution >= 4 is 33.2 Å². The molecule has 0 saturated heterocycles. The fourth-order valence-corrected chi connectivity index (χ4v) is 1.62. The lowest BCUT2D eigenvalue weighted by Crippen LogP contribution is -2.21. The third kappa shape index (κ3) is 3.35. The molecule has 0 atom stereocenters. The highest BCUT2D eigenvalue weighted by molar-refractivity contribution is 7.90. The minimum absolute atomic E-state index is 0.00948. The number of hydrogen-bond donors (Lipinski definition) is 2. The van der Waals surface area contributed by atoms with E-state index in [9.17, 15) is 18.5 Å². The maximum atomic E-state index is 10.6. The van der Waals surface area contributed by atoms with Gasteiger partial charge in [-0.15, -0.1) is 0 Å². The summed E-state index contributed by atoms with van der Waals surface area (Å²) >= 11 is 5.59. The summed E-state index contributed by atoms with van der Waals surface area (Å²) < 4.78 is 23.2. The Morgan fingerprint density at radius 1 is 1.47 bits per heavy atom. The molecule has 0 radical (unpaired) electrons. The van der Waals surface area contributed by atoms with E-state index in [0.29, 0.717) is 0 Å². The Labute approximate surface area is 90.2 Å². The van der Waals surface area contributed by atoms with Crippen LogP contribution in [-0.2, 0) is 10.2 Å².